The van der Waals surface area contributed by atoms with Gasteiger partial charge in [0.25, 0.3) is 0 Å². The van der Waals surface area contributed by atoms with E-state index in [4.69, 9.17) is 4.74 Å². The number of H-pyrrole nitrogens is 1. The van der Waals surface area contributed by atoms with Crippen molar-refractivity contribution in [1.29, 1.82) is 0 Å². The fourth-order valence-corrected chi connectivity index (χ4v) is 5.24. The van der Waals surface area contributed by atoms with Gasteiger partial charge in [0, 0.05) is 17.7 Å². The number of nitrogens with one attached hydrogen (secondary N) is 4. The van der Waals surface area contributed by atoms with Crippen molar-refractivity contribution in [2.45, 2.75) is 31.2 Å². The molecule has 1 aromatic carbocycles. The standard InChI is InChI=1S/C23H27FN6O/c24-18-7-5-17(6-8-18)23(12-31-13-23)27-11-15-1-3-16(4-2-15)20-21-19-9-10-25-22(19)26-14-30(21)29-28-20/h5-10,14-16,25,27-29H,1-4,11-13H2/t15-,16-. The number of nitrogens with zero attached hydrogens (tertiary/aromatic N) is 2. The SMILES string of the molecule is Fc1ccc(C2(NC[C@H]3CC[C@H](C4=C5c6cc[nH]c6N=CN5NN4)CC3)COC2)cc1. The van der Waals surface area contributed by atoms with Crippen LogP contribution in [-0.4, -0.2) is 36.1 Å². The van der Waals surface area contributed by atoms with Crippen molar-refractivity contribution in [3.8, 4) is 0 Å². The Morgan fingerprint density at radius 2 is 1.94 bits per heavy atom. The number of rotatable bonds is 5. The molecule has 7 nitrogen and oxygen atoms in total. The fraction of sp³-hybridized carbons (Fsp3) is 0.435. The van der Waals surface area contributed by atoms with Crippen molar-refractivity contribution >= 4 is 17.9 Å². The number of hydrogen-bond donors (Lipinski definition) is 4. The minimum Gasteiger partial charge on any atom is -0.377 e. The minimum absolute atomic E-state index is 0.168. The van der Waals surface area contributed by atoms with Gasteiger partial charge in [-0.1, -0.05) is 12.1 Å². The molecule has 4 heterocycles. The zero-order valence-electron chi connectivity index (χ0n) is 17.3. The number of aliphatic imine (C=N–C) groups is 1. The Labute approximate surface area is 180 Å². The highest BCUT2D eigenvalue weighted by atomic mass is 19.1. The molecule has 3 aliphatic heterocycles. The third-order valence-corrected chi connectivity index (χ3v) is 7.17. The molecule has 1 saturated heterocycles. The number of ether oxygens (including phenoxy) is 1. The summed E-state index contributed by atoms with van der Waals surface area (Å²) < 4.78 is 18.9. The third-order valence-electron chi connectivity index (χ3n) is 7.17. The summed E-state index contributed by atoms with van der Waals surface area (Å²) in [7, 11) is 0. The molecule has 0 amide bonds. The summed E-state index contributed by atoms with van der Waals surface area (Å²) in [6, 6.07) is 8.92. The normalized spacial score (nSPS) is 26.3. The van der Waals surface area contributed by atoms with Crippen LogP contribution in [0.3, 0.4) is 0 Å². The summed E-state index contributed by atoms with van der Waals surface area (Å²) in [5.74, 6) is 1.87. The van der Waals surface area contributed by atoms with Crippen molar-refractivity contribution in [1.82, 2.24) is 26.3 Å². The summed E-state index contributed by atoms with van der Waals surface area (Å²) in [5.41, 5.74) is 11.2. The van der Waals surface area contributed by atoms with E-state index >= 15 is 0 Å². The average Bonchev–Trinajstić information content (AvgIpc) is 3.41. The lowest BCUT2D eigenvalue weighted by Gasteiger charge is -2.44. The van der Waals surface area contributed by atoms with Gasteiger partial charge >= 0.3 is 0 Å². The van der Waals surface area contributed by atoms with Crippen LogP contribution in [0.5, 0.6) is 0 Å². The van der Waals surface area contributed by atoms with Gasteiger partial charge in [0.2, 0.25) is 0 Å². The van der Waals surface area contributed by atoms with Crippen molar-refractivity contribution in [3.05, 3.63) is 59.2 Å². The van der Waals surface area contributed by atoms with Gasteiger partial charge in [-0.2, -0.15) is 0 Å². The Kier molecular flexibility index (Phi) is 4.59. The molecule has 4 aliphatic rings. The molecule has 162 valence electrons. The lowest BCUT2D eigenvalue weighted by molar-refractivity contribution is -0.0806. The number of allylic oxidation sites excluding steroid dienone is 1. The molecule has 0 atom stereocenters. The van der Waals surface area contributed by atoms with Crippen LogP contribution in [0.15, 0.2) is 47.2 Å². The summed E-state index contributed by atoms with van der Waals surface area (Å²) in [6.07, 6.45) is 8.45. The van der Waals surface area contributed by atoms with E-state index in [9.17, 15) is 4.39 Å². The van der Waals surface area contributed by atoms with Gasteiger partial charge in [0.05, 0.1) is 30.1 Å². The number of fused-ring (bicyclic) bond motifs is 3. The second-order valence-electron chi connectivity index (χ2n) is 9.03. The lowest BCUT2D eigenvalue weighted by Crippen LogP contribution is -2.58. The molecule has 31 heavy (non-hydrogen) atoms. The molecule has 6 rings (SSSR count). The summed E-state index contributed by atoms with van der Waals surface area (Å²) in [5, 5.41) is 5.73. The van der Waals surface area contributed by atoms with Crippen LogP contribution in [0.2, 0.25) is 0 Å². The molecule has 0 bridgehead atoms. The van der Waals surface area contributed by atoms with E-state index in [1.54, 1.807) is 0 Å². The number of aromatic nitrogens is 1. The molecule has 1 aromatic heterocycles. The first-order valence-electron chi connectivity index (χ1n) is 11.1. The van der Waals surface area contributed by atoms with Gasteiger partial charge in [0.1, 0.15) is 18.0 Å². The summed E-state index contributed by atoms with van der Waals surface area (Å²) >= 11 is 0. The minimum atomic E-state index is -0.197. The monoisotopic (exact) mass is 422 g/mol. The van der Waals surface area contributed by atoms with Crippen LogP contribution < -0.4 is 16.3 Å². The molecule has 0 radical (unpaired) electrons. The maximum Gasteiger partial charge on any atom is 0.141 e. The van der Waals surface area contributed by atoms with E-state index in [1.165, 1.54) is 36.4 Å². The number of aromatic amines is 1. The zero-order valence-corrected chi connectivity index (χ0v) is 17.3. The molecule has 1 saturated carbocycles. The maximum absolute atomic E-state index is 13.3. The first-order chi connectivity index (χ1) is 15.2. The highest BCUT2D eigenvalue weighted by Crippen LogP contribution is 2.41. The zero-order chi connectivity index (χ0) is 20.8. The van der Waals surface area contributed by atoms with E-state index < -0.39 is 0 Å². The molecule has 2 aromatic rings. The second-order valence-corrected chi connectivity index (χ2v) is 9.03. The second kappa shape index (κ2) is 7.47. The topological polar surface area (TPSA) is 76.7 Å². The van der Waals surface area contributed by atoms with Crippen molar-refractivity contribution in [2.75, 3.05) is 19.8 Å². The van der Waals surface area contributed by atoms with Crippen LogP contribution in [0.1, 0.15) is 36.8 Å². The van der Waals surface area contributed by atoms with Crippen LogP contribution in [0.25, 0.3) is 5.70 Å². The van der Waals surface area contributed by atoms with Crippen molar-refractivity contribution in [2.24, 2.45) is 16.8 Å². The maximum atomic E-state index is 13.3. The first kappa shape index (κ1) is 19.0. The highest BCUT2D eigenvalue weighted by Gasteiger charge is 2.41. The van der Waals surface area contributed by atoms with E-state index in [1.807, 2.05) is 29.7 Å². The van der Waals surface area contributed by atoms with Crippen LogP contribution >= 0.6 is 0 Å². The van der Waals surface area contributed by atoms with Gasteiger partial charge in [0.15, 0.2) is 0 Å². The average molecular weight is 423 g/mol. The number of hydrazine groups is 2. The predicted octanol–water partition coefficient (Wildman–Crippen LogP) is 3.14. The molecule has 0 spiro atoms. The number of benzene rings is 1. The van der Waals surface area contributed by atoms with Crippen LogP contribution in [0, 0.1) is 17.7 Å². The molecule has 0 unspecified atom stereocenters. The third kappa shape index (κ3) is 3.26. The summed E-state index contributed by atoms with van der Waals surface area (Å²) in [4.78, 5) is 7.65. The Morgan fingerprint density at radius 1 is 1.13 bits per heavy atom. The predicted molar refractivity (Wildman–Crippen MR) is 116 cm³/mol. The Morgan fingerprint density at radius 3 is 2.68 bits per heavy atom. The van der Waals surface area contributed by atoms with Crippen LogP contribution in [-0.2, 0) is 10.3 Å². The van der Waals surface area contributed by atoms with Gasteiger partial charge in [-0.05, 0) is 61.9 Å². The molecule has 2 fully saturated rings. The van der Waals surface area contributed by atoms with Crippen LogP contribution in [0.4, 0.5) is 10.2 Å². The highest BCUT2D eigenvalue weighted by molar-refractivity contribution is 5.87. The molecule has 1 aliphatic carbocycles. The van der Waals surface area contributed by atoms with E-state index in [2.05, 4.69) is 32.3 Å². The smallest absolute Gasteiger partial charge is 0.141 e. The molecule has 4 N–H and O–H groups in total. The Bertz CT molecular complexity index is 1020. The molecule has 8 heteroatoms. The van der Waals surface area contributed by atoms with Gasteiger partial charge < -0.3 is 20.5 Å². The number of halogens is 1. The number of hydrogen-bond acceptors (Lipinski definition) is 6. The largest absolute Gasteiger partial charge is 0.377 e. The van der Waals surface area contributed by atoms with Gasteiger partial charge in [-0.25, -0.2) is 14.4 Å². The lowest BCUT2D eigenvalue weighted by atomic mass is 9.79. The van der Waals surface area contributed by atoms with Crippen molar-refractivity contribution < 1.29 is 9.13 Å². The van der Waals surface area contributed by atoms with E-state index in [0.29, 0.717) is 25.0 Å². The fourth-order valence-electron chi connectivity index (χ4n) is 5.24. The van der Waals surface area contributed by atoms with Crippen molar-refractivity contribution in [3.63, 3.8) is 0 Å². The van der Waals surface area contributed by atoms with Gasteiger partial charge in [-0.3, -0.25) is 0 Å². The molecular weight excluding hydrogens is 395 g/mol. The molecular formula is C23H27FN6O. The van der Waals surface area contributed by atoms with E-state index in [0.717, 1.165) is 36.3 Å². The van der Waals surface area contributed by atoms with Gasteiger partial charge in [-0.15, -0.1) is 5.53 Å². The van der Waals surface area contributed by atoms with E-state index in [-0.39, 0.29) is 11.4 Å². The summed E-state index contributed by atoms with van der Waals surface area (Å²) in [6.45, 7) is 2.26. The quantitative estimate of drug-likeness (QED) is 0.596. The Balaban J connectivity index is 1.10. The Hall–Kier alpha value is -2.68. The first-order valence-corrected chi connectivity index (χ1v) is 11.1.